The zero-order valence-corrected chi connectivity index (χ0v) is 14.1. The van der Waals surface area contributed by atoms with Crippen LogP contribution in [0.25, 0.3) is 21.5 Å². The molecule has 0 radical (unpaired) electrons. The van der Waals surface area contributed by atoms with Crippen LogP contribution in [0.15, 0.2) is 30.3 Å². The van der Waals surface area contributed by atoms with Crippen molar-refractivity contribution in [1.82, 2.24) is 4.98 Å². The van der Waals surface area contributed by atoms with Gasteiger partial charge in [0.1, 0.15) is 10.6 Å². The molecule has 6 nitrogen and oxygen atoms in total. The summed E-state index contributed by atoms with van der Waals surface area (Å²) in [5, 5.41) is -0.548. The number of rotatable bonds is 3. The van der Waals surface area contributed by atoms with Gasteiger partial charge in [0.2, 0.25) is 5.06 Å². The smallest absolute Gasteiger partial charge is 0.417 e. The highest BCUT2D eigenvalue weighted by Gasteiger charge is 2.36. The molecule has 4 N–H and O–H groups in total. The summed E-state index contributed by atoms with van der Waals surface area (Å²) < 4.78 is 50.4. The maximum Gasteiger partial charge on any atom is 0.417 e. The third-order valence-corrected chi connectivity index (χ3v) is 4.53. The van der Waals surface area contributed by atoms with Gasteiger partial charge in [0.05, 0.1) is 29.4 Å². The van der Waals surface area contributed by atoms with Crippen LogP contribution in [0.3, 0.4) is 0 Å². The van der Waals surface area contributed by atoms with Gasteiger partial charge in [-0.3, -0.25) is 0 Å². The van der Waals surface area contributed by atoms with Gasteiger partial charge in [0, 0.05) is 5.56 Å². The number of thiophene rings is 1. The minimum atomic E-state index is -4.68. The summed E-state index contributed by atoms with van der Waals surface area (Å²) in [6.45, 7) is 0. The summed E-state index contributed by atoms with van der Waals surface area (Å²) in [6.07, 6.45) is -5.85. The van der Waals surface area contributed by atoms with Crippen molar-refractivity contribution in [3.05, 3.63) is 35.9 Å². The first-order valence-electron chi connectivity index (χ1n) is 7.12. The average Bonchev–Trinajstić information content (AvgIpc) is 2.88. The molecule has 2 aromatic heterocycles. The van der Waals surface area contributed by atoms with Crippen LogP contribution in [0.2, 0.25) is 0 Å². The van der Waals surface area contributed by atoms with Gasteiger partial charge in [-0.25, -0.2) is 9.78 Å². The summed E-state index contributed by atoms with van der Waals surface area (Å²) in [6, 6.07) is 7.30. The lowest BCUT2D eigenvalue weighted by atomic mass is 10.1. The fourth-order valence-electron chi connectivity index (χ4n) is 2.40. The van der Waals surface area contributed by atoms with Gasteiger partial charge in [0.25, 0.3) is 0 Å². The number of primary amides is 1. The Morgan fingerprint density at radius 2 is 1.88 bits per heavy atom. The molecule has 0 fully saturated rings. The molecule has 0 aliphatic heterocycles. The van der Waals surface area contributed by atoms with E-state index in [1.807, 2.05) is 0 Å². The van der Waals surface area contributed by atoms with Crippen molar-refractivity contribution in [3.8, 4) is 22.1 Å². The fourth-order valence-corrected chi connectivity index (χ4v) is 3.38. The van der Waals surface area contributed by atoms with Gasteiger partial charge >= 0.3 is 12.3 Å². The number of nitrogen functional groups attached to an aromatic ring is 1. The normalized spacial score (nSPS) is 11.5. The second-order valence-electron chi connectivity index (χ2n) is 5.19. The molecule has 10 heteroatoms. The highest BCUT2D eigenvalue weighted by atomic mass is 32.1. The predicted molar refractivity (Wildman–Crippen MR) is 91.2 cm³/mol. The second kappa shape index (κ2) is 6.37. The van der Waals surface area contributed by atoms with Crippen LogP contribution in [0.5, 0.6) is 10.8 Å². The number of anilines is 1. The molecule has 0 spiro atoms. The van der Waals surface area contributed by atoms with E-state index >= 15 is 0 Å². The van der Waals surface area contributed by atoms with Crippen molar-refractivity contribution in [3.63, 3.8) is 0 Å². The lowest BCUT2D eigenvalue weighted by Crippen LogP contribution is -2.16. The molecule has 3 aromatic rings. The number of fused-ring (bicyclic) bond motifs is 1. The Balaban J connectivity index is 2.24. The monoisotopic (exact) mass is 383 g/mol. The molecular formula is C16H12F3N3O3S. The molecule has 0 atom stereocenters. The number of halogens is 3. The van der Waals surface area contributed by atoms with E-state index in [0.29, 0.717) is 22.6 Å². The highest BCUT2D eigenvalue weighted by molar-refractivity contribution is 7.21. The van der Waals surface area contributed by atoms with E-state index in [9.17, 15) is 18.0 Å². The molecular weight excluding hydrogens is 371 g/mol. The van der Waals surface area contributed by atoms with Crippen LogP contribution in [0.4, 0.5) is 23.7 Å². The number of aromatic nitrogens is 1. The first kappa shape index (κ1) is 17.8. The number of pyridine rings is 1. The second-order valence-corrected chi connectivity index (χ2v) is 6.15. The van der Waals surface area contributed by atoms with Crippen molar-refractivity contribution in [1.29, 1.82) is 0 Å². The molecule has 1 aromatic carbocycles. The highest BCUT2D eigenvalue weighted by Crippen LogP contribution is 2.46. The van der Waals surface area contributed by atoms with Gasteiger partial charge in [-0.1, -0.05) is 11.3 Å². The van der Waals surface area contributed by atoms with E-state index in [1.54, 1.807) is 24.3 Å². The largest absolute Gasteiger partial charge is 0.497 e. The van der Waals surface area contributed by atoms with E-state index in [4.69, 9.17) is 16.2 Å². The minimum Gasteiger partial charge on any atom is -0.497 e. The van der Waals surface area contributed by atoms with Crippen LogP contribution in [-0.2, 0) is 6.18 Å². The van der Waals surface area contributed by atoms with Crippen LogP contribution >= 0.6 is 11.3 Å². The van der Waals surface area contributed by atoms with E-state index < -0.39 is 17.8 Å². The molecule has 136 valence electrons. The van der Waals surface area contributed by atoms with Crippen LogP contribution < -0.4 is 20.9 Å². The molecule has 2 heterocycles. The minimum absolute atomic E-state index is 0.0145. The standard InChI is InChI=1S/C16H12F3N3O3S/c1-24-8-4-2-7(3-5-8)10-6-9(16(17,18)19)11-12(20)14(25-15(21)23)26-13(11)22-10/h2-6H,20H2,1H3,(H2,21,23). The number of hydrogen-bond donors (Lipinski definition) is 2. The number of nitrogens with zero attached hydrogens (tertiary/aromatic N) is 1. The van der Waals surface area contributed by atoms with Crippen LogP contribution in [-0.4, -0.2) is 18.2 Å². The maximum atomic E-state index is 13.6. The summed E-state index contributed by atoms with van der Waals surface area (Å²) in [5.41, 5.74) is 9.91. The molecule has 0 aliphatic carbocycles. The maximum absolute atomic E-state index is 13.6. The summed E-state index contributed by atoms with van der Waals surface area (Å²) >= 11 is 0.715. The van der Waals surface area contributed by atoms with Crippen molar-refractivity contribution in [2.45, 2.75) is 6.18 Å². The number of methoxy groups -OCH3 is 1. The predicted octanol–water partition coefficient (Wildman–Crippen LogP) is 4.03. The number of alkyl halides is 3. The van der Waals surface area contributed by atoms with Crippen molar-refractivity contribution in [2.24, 2.45) is 5.73 Å². The molecule has 1 amide bonds. The zero-order valence-electron chi connectivity index (χ0n) is 13.3. The summed E-state index contributed by atoms with van der Waals surface area (Å²) in [5.74, 6) is 0.559. The van der Waals surface area contributed by atoms with Crippen molar-refractivity contribution < 1.29 is 27.4 Å². The Morgan fingerprint density at radius 3 is 2.42 bits per heavy atom. The molecule has 0 aliphatic rings. The lowest BCUT2D eigenvalue weighted by Gasteiger charge is -2.11. The number of hydrogen-bond acceptors (Lipinski definition) is 6. The van der Waals surface area contributed by atoms with Crippen molar-refractivity contribution in [2.75, 3.05) is 12.8 Å². The molecule has 26 heavy (non-hydrogen) atoms. The number of carbonyl (C=O) groups is 1. The molecule has 0 unspecified atom stereocenters. The van der Waals surface area contributed by atoms with Gasteiger partial charge in [0.15, 0.2) is 0 Å². The summed E-state index contributed by atoms with van der Waals surface area (Å²) in [4.78, 5) is 15.1. The Morgan fingerprint density at radius 1 is 1.23 bits per heavy atom. The topological polar surface area (TPSA) is 100 Å². The average molecular weight is 383 g/mol. The first-order chi connectivity index (χ1) is 12.2. The van der Waals surface area contributed by atoms with Gasteiger partial charge in [-0.2, -0.15) is 13.2 Å². The van der Waals surface area contributed by atoms with Crippen molar-refractivity contribution >= 4 is 33.3 Å². The van der Waals surface area contributed by atoms with Crippen LogP contribution in [0.1, 0.15) is 5.56 Å². The lowest BCUT2D eigenvalue weighted by molar-refractivity contribution is -0.136. The third kappa shape index (κ3) is 3.23. The Kier molecular flexibility index (Phi) is 4.36. The third-order valence-electron chi connectivity index (χ3n) is 3.55. The fraction of sp³-hybridized carbons (Fsp3) is 0.125. The van der Waals surface area contributed by atoms with E-state index in [1.165, 1.54) is 7.11 Å². The van der Waals surface area contributed by atoms with E-state index in [-0.39, 0.29) is 26.7 Å². The number of amides is 1. The van der Waals surface area contributed by atoms with E-state index in [2.05, 4.69) is 9.72 Å². The SMILES string of the molecule is COc1ccc(-c2cc(C(F)(F)F)c3c(N)c(OC(N)=O)sc3n2)cc1. The first-order valence-corrected chi connectivity index (χ1v) is 7.94. The number of benzene rings is 1. The van der Waals surface area contributed by atoms with Crippen LogP contribution in [0, 0.1) is 0 Å². The Labute approximate surface area is 149 Å². The number of carbonyl (C=O) groups excluding carboxylic acids is 1. The quantitative estimate of drug-likeness (QED) is 0.711. The Hall–Kier alpha value is -3.01. The summed E-state index contributed by atoms with van der Waals surface area (Å²) in [7, 11) is 1.48. The van der Waals surface area contributed by atoms with E-state index in [0.717, 1.165) is 6.07 Å². The van der Waals surface area contributed by atoms with Gasteiger partial charge in [-0.15, -0.1) is 0 Å². The van der Waals surface area contributed by atoms with Gasteiger partial charge < -0.3 is 20.9 Å². The van der Waals surface area contributed by atoms with Gasteiger partial charge in [-0.05, 0) is 30.3 Å². The molecule has 0 saturated heterocycles. The number of ether oxygens (including phenoxy) is 2. The molecule has 0 bridgehead atoms. The Bertz CT molecular complexity index is 984. The number of nitrogens with two attached hydrogens (primary N) is 2. The molecule has 0 saturated carbocycles. The molecule has 3 rings (SSSR count). The zero-order chi connectivity index (χ0) is 19.1.